The number of rotatable bonds is 8. The van der Waals surface area contributed by atoms with Crippen LogP contribution in [0.3, 0.4) is 0 Å². The van der Waals surface area contributed by atoms with Crippen LogP contribution in [-0.4, -0.2) is 43.5 Å². The van der Waals surface area contributed by atoms with Crippen LogP contribution in [0.25, 0.3) is 0 Å². The van der Waals surface area contributed by atoms with Gasteiger partial charge >= 0.3 is 0 Å². The lowest BCUT2D eigenvalue weighted by Gasteiger charge is -2.32. The SMILES string of the molecule is CCC1=C(C(=O)NCCCc2ccc(N3CCCN(c4ccc(Cl)cc4)CC3)cc2)N2C=CC=C(F)C2=CC1. The molecule has 2 aromatic rings. The van der Waals surface area contributed by atoms with E-state index in [1.54, 1.807) is 17.2 Å². The van der Waals surface area contributed by atoms with Crippen LogP contribution in [0.15, 0.2) is 95.8 Å². The maximum Gasteiger partial charge on any atom is 0.268 e. The Morgan fingerprint density at radius 2 is 1.64 bits per heavy atom. The van der Waals surface area contributed by atoms with Crippen LogP contribution < -0.4 is 15.1 Å². The molecule has 0 unspecified atom stereocenters. The first-order valence-corrected chi connectivity index (χ1v) is 14.3. The molecule has 0 aliphatic carbocycles. The van der Waals surface area contributed by atoms with E-state index in [1.807, 2.05) is 25.1 Å². The highest BCUT2D eigenvalue weighted by atomic mass is 35.5. The Morgan fingerprint density at radius 1 is 0.974 bits per heavy atom. The van der Waals surface area contributed by atoms with Gasteiger partial charge in [-0.2, -0.15) is 0 Å². The highest BCUT2D eigenvalue weighted by Crippen LogP contribution is 2.34. The summed E-state index contributed by atoms with van der Waals surface area (Å²) in [6.07, 6.45) is 10.9. The van der Waals surface area contributed by atoms with Crippen molar-refractivity contribution in [2.45, 2.75) is 39.0 Å². The van der Waals surface area contributed by atoms with Gasteiger partial charge in [-0.25, -0.2) is 4.39 Å². The van der Waals surface area contributed by atoms with Crippen LogP contribution in [-0.2, 0) is 11.2 Å². The van der Waals surface area contributed by atoms with Crippen LogP contribution in [0.4, 0.5) is 15.8 Å². The molecule has 1 amide bonds. The molecule has 1 N–H and O–H groups in total. The lowest BCUT2D eigenvalue weighted by Crippen LogP contribution is -2.36. The zero-order chi connectivity index (χ0) is 27.2. The summed E-state index contributed by atoms with van der Waals surface area (Å²) in [5, 5.41) is 3.83. The number of hydrogen-bond donors (Lipinski definition) is 1. The molecule has 2 aromatic carbocycles. The van der Waals surface area contributed by atoms with Crippen LogP contribution in [0, 0.1) is 0 Å². The van der Waals surface area contributed by atoms with E-state index in [0.29, 0.717) is 24.4 Å². The molecule has 0 atom stereocenters. The highest BCUT2D eigenvalue weighted by Gasteiger charge is 2.28. The smallest absolute Gasteiger partial charge is 0.268 e. The number of carbonyl (C=O) groups excluding carboxylic acids is 1. The molecule has 0 aromatic heterocycles. The molecule has 5 rings (SSSR count). The van der Waals surface area contributed by atoms with Crippen LogP contribution in [0.5, 0.6) is 0 Å². The fourth-order valence-electron chi connectivity index (χ4n) is 5.49. The second-order valence-electron chi connectivity index (χ2n) is 10.2. The molecule has 5 nitrogen and oxygen atoms in total. The quantitative estimate of drug-likeness (QED) is 0.372. The van der Waals surface area contributed by atoms with Gasteiger partial charge in [-0.1, -0.05) is 36.7 Å². The summed E-state index contributed by atoms with van der Waals surface area (Å²) >= 11 is 6.06. The van der Waals surface area contributed by atoms with Crippen molar-refractivity contribution in [1.82, 2.24) is 10.2 Å². The maximum atomic E-state index is 14.3. The Labute approximate surface area is 235 Å². The number of benzene rings is 2. The molecule has 39 heavy (non-hydrogen) atoms. The number of hydrogen-bond acceptors (Lipinski definition) is 4. The van der Waals surface area contributed by atoms with Crippen molar-refractivity contribution >= 4 is 28.9 Å². The second-order valence-corrected chi connectivity index (χ2v) is 10.6. The van der Waals surface area contributed by atoms with Crippen molar-refractivity contribution in [3.63, 3.8) is 0 Å². The third-order valence-corrected chi connectivity index (χ3v) is 7.91. The predicted molar refractivity (Wildman–Crippen MR) is 158 cm³/mol. The summed E-state index contributed by atoms with van der Waals surface area (Å²) in [4.78, 5) is 19.7. The van der Waals surface area contributed by atoms with Crippen LogP contribution >= 0.6 is 11.6 Å². The Balaban J connectivity index is 1.10. The fourth-order valence-corrected chi connectivity index (χ4v) is 5.62. The Kier molecular flexibility index (Phi) is 8.72. The van der Waals surface area contributed by atoms with E-state index in [9.17, 15) is 9.18 Å². The van der Waals surface area contributed by atoms with Gasteiger partial charge in [0.05, 0.1) is 5.70 Å². The molecule has 0 bridgehead atoms. The van der Waals surface area contributed by atoms with Crippen molar-refractivity contribution in [3.05, 3.63) is 106 Å². The zero-order valence-electron chi connectivity index (χ0n) is 22.5. The number of fused-ring (bicyclic) bond motifs is 1. The minimum Gasteiger partial charge on any atom is -0.370 e. The Morgan fingerprint density at radius 3 is 2.31 bits per heavy atom. The van der Waals surface area contributed by atoms with Gasteiger partial charge in [-0.15, -0.1) is 0 Å². The van der Waals surface area contributed by atoms with E-state index in [0.717, 1.165) is 62.5 Å². The number of nitrogens with zero attached hydrogens (tertiary/aromatic N) is 3. The molecule has 3 aliphatic rings. The van der Waals surface area contributed by atoms with E-state index in [2.05, 4.69) is 51.5 Å². The number of nitrogens with one attached hydrogen (secondary N) is 1. The zero-order valence-corrected chi connectivity index (χ0v) is 23.3. The number of aryl methyl sites for hydroxylation is 1. The standard InChI is InChI=1S/C32H36ClFN4O/c1-2-25-10-17-30-29(34)7-4-21-38(30)31(25)32(39)35-18-3-6-24-8-13-27(14-9-24)36-19-5-20-37(23-22-36)28-15-11-26(33)12-16-28/h4,7-9,11-17,21H,2-3,5-6,10,18-20,22-23H2,1H3,(H,35,39). The lowest BCUT2D eigenvalue weighted by molar-refractivity contribution is -0.118. The van der Waals surface area contributed by atoms with E-state index in [4.69, 9.17) is 11.6 Å². The second kappa shape index (κ2) is 12.6. The van der Waals surface area contributed by atoms with Gasteiger partial charge in [0.2, 0.25) is 0 Å². The summed E-state index contributed by atoms with van der Waals surface area (Å²) < 4.78 is 14.3. The summed E-state index contributed by atoms with van der Waals surface area (Å²) in [7, 11) is 0. The molecule has 3 aliphatic heterocycles. The van der Waals surface area contributed by atoms with Crippen molar-refractivity contribution in [2.24, 2.45) is 0 Å². The Bertz CT molecular complexity index is 1300. The topological polar surface area (TPSA) is 38.8 Å². The van der Waals surface area contributed by atoms with Crippen molar-refractivity contribution in [2.75, 3.05) is 42.5 Å². The summed E-state index contributed by atoms with van der Waals surface area (Å²) in [5.74, 6) is -0.443. The lowest BCUT2D eigenvalue weighted by atomic mass is 9.99. The summed E-state index contributed by atoms with van der Waals surface area (Å²) in [6.45, 7) is 6.64. The highest BCUT2D eigenvalue weighted by molar-refractivity contribution is 6.30. The van der Waals surface area contributed by atoms with Crippen molar-refractivity contribution in [3.8, 4) is 0 Å². The minimum atomic E-state index is -0.305. The molecule has 0 spiro atoms. The van der Waals surface area contributed by atoms with E-state index in [-0.39, 0.29) is 11.7 Å². The molecule has 1 fully saturated rings. The molecular formula is C32H36ClFN4O. The van der Waals surface area contributed by atoms with E-state index in [1.165, 1.54) is 23.0 Å². The van der Waals surface area contributed by atoms with Crippen molar-refractivity contribution in [1.29, 1.82) is 0 Å². The fraction of sp³-hybridized carbons (Fsp3) is 0.344. The first-order chi connectivity index (χ1) is 19.0. The third kappa shape index (κ3) is 6.39. The largest absolute Gasteiger partial charge is 0.370 e. The molecule has 7 heteroatoms. The number of anilines is 2. The average Bonchev–Trinajstić information content (AvgIpc) is 3.22. The van der Waals surface area contributed by atoms with Gasteiger partial charge in [0.15, 0.2) is 0 Å². The molecule has 204 valence electrons. The number of amides is 1. The first-order valence-electron chi connectivity index (χ1n) is 13.9. The van der Waals surface area contributed by atoms with Gasteiger partial charge in [0.1, 0.15) is 11.5 Å². The van der Waals surface area contributed by atoms with Crippen LogP contribution in [0.1, 0.15) is 38.2 Å². The van der Waals surface area contributed by atoms with E-state index >= 15 is 0 Å². The molecular weight excluding hydrogens is 511 g/mol. The van der Waals surface area contributed by atoms with Gasteiger partial charge < -0.3 is 20.0 Å². The minimum absolute atomic E-state index is 0.138. The van der Waals surface area contributed by atoms with E-state index < -0.39 is 0 Å². The first kappa shape index (κ1) is 27.1. The molecule has 3 heterocycles. The number of halogens is 2. The third-order valence-electron chi connectivity index (χ3n) is 7.66. The molecule has 1 saturated heterocycles. The molecule has 0 saturated carbocycles. The maximum absolute atomic E-state index is 14.3. The molecule has 0 radical (unpaired) electrons. The number of allylic oxidation sites excluding steroid dienone is 5. The average molecular weight is 547 g/mol. The van der Waals surface area contributed by atoms with Gasteiger partial charge in [-0.3, -0.25) is 4.79 Å². The van der Waals surface area contributed by atoms with Gasteiger partial charge in [0, 0.05) is 55.3 Å². The summed E-state index contributed by atoms with van der Waals surface area (Å²) in [6, 6.07) is 16.9. The summed E-state index contributed by atoms with van der Waals surface area (Å²) in [5.41, 5.74) is 5.78. The normalized spacial score (nSPS) is 17.5. The van der Waals surface area contributed by atoms with Gasteiger partial charge in [0.25, 0.3) is 5.91 Å². The predicted octanol–water partition coefficient (Wildman–Crippen LogP) is 6.74. The number of carbonyl (C=O) groups is 1. The van der Waals surface area contributed by atoms with Gasteiger partial charge in [-0.05, 0) is 91.8 Å². The monoisotopic (exact) mass is 546 g/mol. The van der Waals surface area contributed by atoms with Crippen molar-refractivity contribution < 1.29 is 9.18 Å². The Hall–Kier alpha value is -3.51. The van der Waals surface area contributed by atoms with Crippen LogP contribution in [0.2, 0.25) is 5.02 Å².